The summed E-state index contributed by atoms with van der Waals surface area (Å²) in [6, 6.07) is 7.02. The SMILES string of the molecule is C[C@@H]1CCCC[C@@H]1NC(=O)CNC(=O)c1ccccc1Cl. The molecule has 21 heavy (non-hydrogen) atoms. The van der Waals surface area contributed by atoms with Crippen LogP contribution in [0.1, 0.15) is 43.0 Å². The van der Waals surface area contributed by atoms with Gasteiger partial charge in [-0.3, -0.25) is 9.59 Å². The molecule has 0 bridgehead atoms. The lowest BCUT2D eigenvalue weighted by Gasteiger charge is -2.29. The van der Waals surface area contributed by atoms with Gasteiger partial charge in [0.25, 0.3) is 5.91 Å². The summed E-state index contributed by atoms with van der Waals surface area (Å²) >= 11 is 5.95. The molecule has 2 amide bonds. The van der Waals surface area contributed by atoms with Gasteiger partial charge in [0.1, 0.15) is 0 Å². The van der Waals surface area contributed by atoms with Crippen LogP contribution in [0.25, 0.3) is 0 Å². The van der Waals surface area contributed by atoms with Gasteiger partial charge in [0, 0.05) is 6.04 Å². The molecule has 4 nitrogen and oxygen atoms in total. The predicted octanol–water partition coefficient (Wildman–Crippen LogP) is 2.76. The first kappa shape index (κ1) is 15.8. The first-order chi connectivity index (χ1) is 10.1. The molecule has 0 saturated heterocycles. The summed E-state index contributed by atoms with van der Waals surface area (Å²) in [4.78, 5) is 23.9. The van der Waals surface area contributed by atoms with Crippen molar-refractivity contribution < 1.29 is 9.59 Å². The lowest BCUT2D eigenvalue weighted by molar-refractivity contribution is -0.121. The Morgan fingerprint density at radius 2 is 1.95 bits per heavy atom. The lowest BCUT2D eigenvalue weighted by atomic mass is 9.86. The first-order valence-corrected chi connectivity index (χ1v) is 7.78. The van der Waals surface area contributed by atoms with Crippen LogP contribution >= 0.6 is 11.6 Å². The van der Waals surface area contributed by atoms with E-state index < -0.39 is 0 Å². The maximum Gasteiger partial charge on any atom is 0.253 e. The van der Waals surface area contributed by atoms with E-state index in [1.807, 2.05) is 0 Å². The third-order valence-electron chi connectivity index (χ3n) is 3.99. The molecule has 1 saturated carbocycles. The summed E-state index contributed by atoms with van der Waals surface area (Å²) in [6.45, 7) is 2.14. The van der Waals surface area contributed by atoms with Crippen LogP contribution in [0, 0.1) is 5.92 Å². The highest BCUT2D eigenvalue weighted by molar-refractivity contribution is 6.33. The van der Waals surface area contributed by atoms with Gasteiger partial charge in [0.05, 0.1) is 17.1 Å². The number of hydrogen-bond acceptors (Lipinski definition) is 2. The van der Waals surface area contributed by atoms with Gasteiger partial charge in [-0.05, 0) is 30.9 Å². The Morgan fingerprint density at radius 1 is 1.24 bits per heavy atom. The number of amides is 2. The molecule has 2 rings (SSSR count). The van der Waals surface area contributed by atoms with Crippen LogP contribution in [0.15, 0.2) is 24.3 Å². The fourth-order valence-corrected chi connectivity index (χ4v) is 2.91. The highest BCUT2D eigenvalue weighted by atomic mass is 35.5. The van der Waals surface area contributed by atoms with Crippen LogP contribution < -0.4 is 10.6 Å². The number of rotatable bonds is 4. The maximum absolute atomic E-state index is 12.0. The van der Waals surface area contributed by atoms with E-state index in [1.165, 1.54) is 6.42 Å². The van der Waals surface area contributed by atoms with E-state index in [2.05, 4.69) is 17.6 Å². The summed E-state index contributed by atoms with van der Waals surface area (Å²) in [5.41, 5.74) is 0.387. The average Bonchev–Trinajstić information content (AvgIpc) is 2.48. The van der Waals surface area contributed by atoms with Crippen LogP contribution in [0.4, 0.5) is 0 Å². The van der Waals surface area contributed by atoms with Crippen molar-refractivity contribution in [3.05, 3.63) is 34.9 Å². The molecule has 1 aliphatic carbocycles. The van der Waals surface area contributed by atoms with E-state index in [0.29, 0.717) is 16.5 Å². The van der Waals surface area contributed by atoms with Gasteiger partial charge in [0.2, 0.25) is 5.91 Å². The van der Waals surface area contributed by atoms with Crippen LogP contribution in [0.5, 0.6) is 0 Å². The number of hydrogen-bond donors (Lipinski definition) is 2. The average molecular weight is 309 g/mol. The van der Waals surface area contributed by atoms with Gasteiger partial charge in [-0.25, -0.2) is 0 Å². The Bertz CT molecular complexity index is 519. The highest BCUT2D eigenvalue weighted by Crippen LogP contribution is 2.23. The number of nitrogens with one attached hydrogen (secondary N) is 2. The van der Waals surface area contributed by atoms with Crippen LogP contribution in [-0.4, -0.2) is 24.4 Å². The van der Waals surface area contributed by atoms with Crippen LogP contribution in [-0.2, 0) is 4.79 Å². The molecule has 0 aliphatic heterocycles. The van der Waals surface area contributed by atoms with Gasteiger partial charge < -0.3 is 10.6 Å². The highest BCUT2D eigenvalue weighted by Gasteiger charge is 2.22. The number of benzene rings is 1. The van der Waals surface area contributed by atoms with Gasteiger partial charge in [-0.2, -0.15) is 0 Å². The minimum absolute atomic E-state index is 0.0206. The number of halogens is 1. The van der Waals surface area contributed by atoms with Crippen molar-refractivity contribution in [2.75, 3.05) is 6.54 Å². The van der Waals surface area contributed by atoms with Crippen LogP contribution in [0.3, 0.4) is 0 Å². The Hall–Kier alpha value is -1.55. The Labute approximate surface area is 130 Å². The summed E-state index contributed by atoms with van der Waals surface area (Å²) in [6.07, 6.45) is 4.56. The maximum atomic E-state index is 12.0. The third kappa shape index (κ3) is 4.46. The molecule has 1 aromatic rings. The molecule has 1 aromatic carbocycles. The summed E-state index contributed by atoms with van der Waals surface area (Å²) in [7, 11) is 0. The summed E-state index contributed by atoms with van der Waals surface area (Å²) < 4.78 is 0. The van der Waals surface area contributed by atoms with E-state index >= 15 is 0 Å². The van der Waals surface area contributed by atoms with Gasteiger partial charge in [-0.1, -0.05) is 43.5 Å². The molecule has 114 valence electrons. The minimum atomic E-state index is -0.326. The molecule has 0 heterocycles. The molecule has 0 unspecified atom stereocenters. The number of carbonyl (C=O) groups excluding carboxylic acids is 2. The van der Waals surface area contributed by atoms with Gasteiger partial charge in [0.15, 0.2) is 0 Å². The summed E-state index contributed by atoms with van der Waals surface area (Å²) in [5.74, 6) is 0.0311. The molecule has 1 aliphatic rings. The zero-order valence-electron chi connectivity index (χ0n) is 12.2. The standard InChI is InChI=1S/C16H21ClN2O2/c1-11-6-2-5-9-14(11)19-15(20)10-18-16(21)12-7-3-4-8-13(12)17/h3-4,7-8,11,14H,2,5-6,9-10H2,1H3,(H,18,21)(H,19,20)/t11-,14+/m1/s1. The van der Waals surface area contributed by atoms with Crippen molar-refractivity contribution in [3.8, 4) is 0 Å². The normalized spacial score (nSPS) is 21.6. The van der Waals surface area contributed by atoms with Crippen molar-refractivity contribution in [2.45, 2.75) is 38.6 Å². The molecule has 1 fully saturated rings. The molecular formula is C16H21ClN2O2. The van der Waals surface area contributed by atoms with Gasteiger partial charge >= 0.3 is 0 Å². The second-order valence-corrected chi connectivity index (χ2v) is 6.01. The fraction of sp³-hybridized carbons (Fsp3) is 0.500. The summed E-state index contributed by atoms with van der Waals surface area (Å²) in [5, 5.41) is 6.00. The van der Waals surface area contributed by atoms with E-state index in [0.717, 1.165) is 19.3 Å². The van der Waals surface area contributed by atoms with Gasteiger partial charge in [-0.15, -0.1) is 0 Å². The quantitative estimate of drug-likeness (QED) is 0.898. The largest absolute Gasteiger partial charge is 0.352 e. The fourth-order valence-electron chi connectivity index (χ4n) is 2.69. The van der Waals surface area contributed by atoms with Crippen molar-refractivity contribution in [1.29, 1.82) is 0 Å². The van der Waals surface area contributed by atoms with Crippen molar-refractivity contribution in [2.24, 2.45) is 5.92 Å². The molecule has 0 aromatic heterocycles. The zero-order valence-corrected chi connectivity index (χ0v) is 13.0. The van der Waals surface area contributed by atoms with Crippen molar-refractivity contribution in [3.63, 3.8) is 0 Å². The molecule has 2 atom stereocenters. The second kappa shape index (κ2) is 7.46. The Morgan fingerprint density at radius 3 is 2.67 bits per heavy atom. The lowest BCUT2D eigenvalue weighted by Crippen LogP contribution is -2.45. The molecule has 0 spiro atoms. The van der Waals surface area contributed by atoms with Crippen LogP contribution in [0.2, 0.25) is 5.02 Å². The van der Waals surface area contributed by atoms with E-state index in [-0.39, 0.29) is 24.4 Å². The van der Waals surface area contributed by atoms with E-state index in [9.17, 15) is 9.59 Å². The minimum Gasteiger partial charge on any atom is -0.352 e. The van der Waals surface area contributed by atoms with Crippen molar-refractivity contribution in [1.82, 2.24) is 10.6 Å². The predicted molar refractivity (Wildman–Crippen MR) is 83.3 cm³/mol. The third-order valence-corrected chi connectivity index (χ3v) is 4.32. The topological polar surface area (TPSA) is 58.2 Å². The van der Waals surface area contributed by atoms with E-state index in [1.54, 1.807) is 24.3 Å². The first-order valence-electron chi connectivity index (χ1n) is 7.40. The molecule has 2 N–H and O–H groups in total. The molecular weight excluding hydrogens is 288 g/mol. The van der Waals surface area contributed by atoms with Crippen molar-refractivity contribution >= 4 is 23.4 Å². The molecule has 0 radical (unpaired) electrons. The zero-order chi connectivity index (χ0) is 15.2. The molecule has 5 heteroatoms. The number of carbonyl (C=O) groups is 2. The second-order valence-electron chi connectivity index (χ2n) is 5.60. The van der Waals surface area contributed by atoms with E-state index in [4.69, 9.17) is 11.6 Å². The Balaban J connectivity index is 1.81. The smallest absolute Gasteiger partial charge is 0.253 e. The Kier molecular flexibility index (Phi) is 5.62. The monoisotopic (exact) mass is 308 g/mol.